The van der Waals surface area contributed by atoms with E-state index in [0.717, 1.165) is 12.2 Å². The number of fused-ring (bicyclic) bond motifs is 1. The molecule has 0 bridgehead atoms. The third-order valence-corrected chi connectivity index (χ3v) is 4.38. The summed E-state index contributed by atoms with van der Waals surface area (Å²) in [6.07, 6.45) is 0.909. The summed E-state index contributed by atoms with van der Waals surface area (Å²) < 4.78 is 5.79. The van der Waals surface area contributed by atoms with Gasteiger partial charge in [-0.1, -0.05) is 42.0 Å². The molecule has 1 aliphatic heterocycles. The van der Waals surface area contributed by atoms with Gasteiger partial charge in [-0.05, 0) is 37.5 Å². The normalized spacial score (nSPS) is 18.1. The topological polar surface area (TPSA) is 47.3 Å². The highest BCUT2D eigenvalue weighted by Gasteiger charge is 2.30. The zero-order valence-corrected chi connectivity index (χ0v) is 12.6. The van der Waals surface area contributed by atoms with Gasteiger partial charge in [0.1, 0.15) is 5.75 Å². The molecule has 21 heavy (non-hydrogen) atoms. The summed E-state index contributed by atoms with van der Waals surface area (Å²) in [5, 5.41) is 0. The lowest BCUT2D eigenvalue weighted by Crippen LogP contribution is -2.42. The summed E-state index contributed by atoms with van der Waals surface area (Å²) in [6, 6.07) is 15.0. The lowest BCUT2D eigenvalue weighted by molar-refractivity contribution is 0.297. The van der Waals surface area contributed by atoms with Crippen LogP contribution in [0.3, 0.4) is 0 Å². The predicted octanol–water partition coefficient (Wildman–Crippen LogP) is 2.85. The van der Waals surface area contributed by atoms with Gasteiger partial charge in [-0.3, -0.25) is 11.3 Å². The predicted molar refractivity (Wildman–Crippen MR) is 85.4 cm³/mol. The molecule has 3 N–H and O–H groups in total. The van der Waals surface area contributed by atoms with Crippen molar-refractivity contribution in [2.45, 2.75) is 32.2 Å². The molecule has 2 aromatic rings. The van der Waals surface area contributed by atoms with Gasteiger partial charge in [0.05, 0.1) is 6.61 Å². The summed E-state index contributed by atoms with van der Waals surface area (Å²) in [5.41, 5.74) is 8.20. The molecule has 110 valence electrons. The SMILES string of the molecule is Cc1ccc(C)c(CC(NN)C2COc3ccccc32)c1. The highest BCUT2D eigenvalue weighted by molar-refractivity contribution is 5.41. The number of nitrogens with one attached hydrogen (secondary N) is 1. The molecule has 2 atom stereocenters. The zero-order valence-electron chi connectivity index (χ0n) is 12.6. The van der Waals surface area contributed by atoms with Gasteiger partial charge in [0, 0.05) is 17.5 Å². The molecule has 2 unspecified atom stereocenters. The lowest BCUT2D eigenvalue weighted by atomic mass is 9.88. The molecule has 0 saturated heterocycles. The van der Waals surface area contributed by atoms with E-state index in [-0.39, 0.29) is 6.04 Å². The summed E-state index contributed by atoms with van der Waals surface area (Å²) in [7, 11) is 0. The molecule has 0 aromatic heterocycles. The number of hydrazine groups is 1. The fraction of sp³-hybridized carbons (Fsp3) is 0.333. The van der Waals surface area contributed by atoms with Crippen LogP contribution in [-0.2, 0) is 6.42 Å². The molecule has 3 rings (SSSR count). The lowest BCUT2D eigenvalue weighted by Gasteiger charge is -2.23. The van der Waals surface area contributed by atoms with Gasteiger partial charge in [-0.15, -0.1) is 0 Å². The molecule has 3 heteroatoms. The summed E-state index contributed by atoms with van der Waals surface area (Å²) in [5.74, 6) is 7.13. The average Bonchev–Trinajstić information content (AvgIpc) is 2.92. The number of hydrogen-bond acceptors (Lipinski definition) is 3. The molecule has 1 heterocycles. The number of hydrogen-bond donors (Lipinski definition) is 2. The average molecular weight is 282 g/mol. The van der Waals surface area contributed by atoms with E-state index >= 15 is 0 Å². The second-order valence-electron chi connectivity index (χ2n) is 5.86. The molecule has 0 saturated carbocycles. The van der Waals surface area contributed by atoms with Crippen molar-refractivity contribution in [3.63, 3.8) is 0 Å². The van der Waals surface area contributed by atoms with E-state index in [2.05, 4.69) is 49.6 Å². The zero-order chi connectivity index (χ0) is 14.8. The Bertz CT molecular complexity index is 639. The molecule has 0 amide bonds. The van der Waals surface area contributed by atoms with Crippen LogP contribution in [0.4, 0.5) is 0 Å². The van der Waals surface area contributed by atoms with Crippen molar-refractivity contribution < 1.29 is 4.74 Å². The standard InChI is InChI=1S/C18H22N2O/c1-12-7-8-13(2)14(9-12)10-17(20-19)16-11-21-18-6-4-3-5-15(16)18/h3-9,16-17,20H,10-11,19H2,1-2H3. The fourth-order valence-corrected chi connectivity index (χ4v) is 3.09. The van der Waals surface area contributed by atoms with Gasteiger partial charge in [0.25, 0.3) is 0 Å². The first-order valence-electron chi connectivity index (χ1n) is 7.43. The van der Waals surface area contributed by atoms with E-state index in [0.29, 0.717) is 12.5 Å². The number of para-hydroxylation sites is 1. The molecular formula is C18H22N2O. The molecule has 1 aliphatic rings. The van der Waals surface area contributed by atoms with Gasteiger partial charge in [-0.25, -0.2) is 0 Å². The number of benzene rings is 2. The first-order chi connectivity index (χ1) is 10.2. The quantitative estimate of drug-likeness (QED) is 0.669. The largest absolute Gasteiger partial charge is 0.493 e. The van der Waals surface area contributed by atoms with Crippen molar-refractivity contribution in [3.05, 3.63) is 64.7 Å². The van der Waals surface area contributed by atoms with E-state index in [1.54, 1.807) is 0 Å². The smallest absolute Gasteiger partial charge is 0.122 e. The van der Waals surface area contributed by atoms with Crippen LogP contribution in [0.5, 0.6) is 5.75 Å². The maximum absolute atomic E-state index is 5.84. The third-order valence-electron chi connectivity index (χ3n) is 4.38. The molecule has 0 aliphatic carbocycles. The van der Waals surface area contributed by atoms with Crippen LogP contribution in [0, 0.1) is 13.8 Å². The van der Waals surface area contributed by atoms with Gasteiger partial charge in [0.15, 0.2) is 0 Å². The minimum Gasteiger partial charge on any atom is -0.493 e. The van der Waals surface area contributed by atoms with Crippen LogP contribution in [0.25, 0.3) is 0 Å². The minimum absolute atomic E-state index is 0.175. The van der Waals surface area contributed by atoms with E-state index < -0.39 is 0 Å². The molecule has 2 aromatic carbocycles. The van der Waals surface area contributed by atoms with E-state index in [4.69, 9.17) is 10.6 Å². The Balaban J connectivity index is 1.85. The molecule has 0 spiro atoms. The number of aryl methyl sites for hydroxylation is 2. The molecular weight excluding hydrogens is 260 g/mol. The van der Waals surface area contributed by atoms with Crippen molar-refractivity contribution >= 4 is 0 Å². The van der Waals surface area contributed by atoms with Crippen LogP contribution in [0.2, 0.25) is 0 Å². The van der Waals surface area contributed by atoms with Crippen molar-refractivity contribution in [1.82, 2.24) is 5.43 Å². The summed E-state index contributed by atoms with van der Waals surface area (Å²) in [6.45, 7) is 4.97. The highest BCUT2D eigenvalue weighted by atomic mass is 16.5. The summed E-state index contributed by atoms with van der Waals surface area (Å²) in [4.78, 5) is 0. The summed E-state index contributed by atoms with van der Waals surface area (Å²) >= 11 is 0. The van der Waals surface area contributed by atoms with Gasteiger partial charge < -0.3 is 4.74 Å². The Morgan fingerprint density at radius 3 is 2.86 bits per heavy atom. The molecule has 0 radical (unpaired) electrons. The first kappa shape index (κ1) is 14.1. The maximum Gasteiger partial charge on any atom is 0.122 e. The van der Waals surface area contributed by atoms with Crippen molar-refractivity contribution in [3.8, 4) is 5.75 Å². The van der Waals surface area contributed by atoms with Crippen LogP contribution in [-0.4, -0.2) is 12.6 Å². The van der Waals surface area contributed by atoms with E-state index in [9.17, 15) is 0 Å². The van der Waals surface area contributed by atoms with Crippen molar-refractivity contribution in [2.24, 2.45) is 5.84 Å². The Morgan fingerprint density at radius 2 is 2.05 bits per heavy atom. The van der Waals surface area contributed by atoms with Crippen molar-refractivity contribution in [2.75, 3.05) is 6.61 Å². The highest BCUT2D eigenvalue weighted by Crippen LogP contribution is 2.36. The maximum atomic E-state index is 5.84. The van der Waals surface area contributed by atoms with Crippen molar-refractivity contribution in [1.29, 1.82) is 0 Å². The van der Waals surface area contributed by atoms with Crippen LogP contribution < -0.4 is 16.0 Å². The van der Waals surface area contributed by atoms with E-state index in [1.807, 2.05) is 12.1 Å². The second kappa shape index (κ2) is 5.88. The molecule has 0 fully saturated rings. The Kier molecular flexibility index (Phi) is 3.95. The Labute approximate surface area is 126 Å². The Morgan fingerprint density at radius 1 is 1.24 bits per heavy atom. The third kappa shape index (κ3) is 2.80. The van der Waals surface area contributed by atoms with Crippen LogP contribution in [0.1, 0.15) is 28.2 Å². The number of rotatable bonds is 4. The van der Waals surface area contributed by atoms with Gasteiger partial charge in [-0.2, -0.15) is 0 Å². The van der Waals surface area contributed by atoms with E-state index in [1.165, 1.54) is 22.3 Å². The second-order valence-corrected chi connectivity index (χ2v) is 5.86. The number of ether oxygens (including phenoxy) is 1. The first-order valence-corrected chi connectivity index (χ1v) is 7.43. The van der Waals surface area contributed by atoms with Crippen LogP contribution in [0.15, 0.2) is 42.5 Å². The van der Waals surface area contributed by atoms with Gasteiger partial charge in [0.2, 0.25) is 0 Å². The minimum atomic E-state index is 0.175. The van der Waals surface area contributed by atoms with Crippen LogP contribution >= 0.6 is 0 Å². The fourth-order valence-electron chi connectivity index (χ4n) is 3.09. The number of nitrogens with two attached hydrogens (primary N) is 1. The van der Waals surface area contributed by atoms with Gasteiger partial charge >= 0.3 is 0 Å². The Hall–Kier alpha value is -1.84. The molecule has 3 nitrogen and oxygen atoms in total. The monoisotopic (exact) mass is 282 g/mol.